The Morgan fingerprint density at radius 3 is 2.57 bits per heavy atom. The molecule has 1 aliphatic heterocycles. The van der Waals surface area contributed by atoms with Gasteiger partial charge in [0, 0.05) is 12.0 Å². The summed E-state index contributed by atoms with van der Waals surface area (Å²) in [6, 6.07) is 13.4. The molecule has 23 heavy (non-hydrogen) atoms. The lowest BCUT2D eigenvalue weighted by Crippen LogP contribution is -2.42. The molecule has 0 aliphatic carbocycles. The van der Waals surface area contributed by atoms with E-state index in [1.54, 1.807) is 30.3 Å². The molecule has 3 rings (SSSR count). The summed E-state index contributed by atoms with van der Waals surface area (Å²) in [7, 11) is 0. The fourth-order valence-electron chi connectivity index (χ4n) is 2.62. The van der Waals surface area contributed by atoms with Gasteiger partial charge in [0.15, 0.2) is 0 Å². The lowest BCUT2D eigenvalue weighted by atomic mass is 10.0. The zero-order valence-corrected chi connectivity index (χ0v) is 12.5. The summed E-state index contributed by atoms with van der Waals surface area (Å²) in [5, 5.41) is 12.0. The third-order valence-corrected chi connectivity index (χ3v) is 3.87. The molecule has 5 nitrogen and oxygen atoms in total. The van der Waals surface area contributed by atoms with E-state index in [4.69, 9.17) is 4.74 Å². The van der Waals surface area contributed by atoms with Gasteiger partial charge in [-0.05, 0) is 28.8 Å². The van der Waals surface area contributed by atoms with Crippen LogP contribution in [0.25, 0.3) is 0 Å². The zero-order valence-electron chi connectivity index (χ0n) is 12.5. The topological polar surface area (TPSA) is 75.6 Å². The summed E-state index contributed by atoms with van der Waals surface area (Å²) in [5.74, 6) is -1.44. The van der Waals surface area contributed by atoms with Crippen molar-refractivity contribution < 1.29 is 19.4 Å². The molecule has 1 aliphatic rings. The van der Waals surface area contributed by atoms with Gasteiger partial charge in [-0.1, -0.05) is 36.4 Å². The molecule has 0 spiro atoms. The van der Waals surface area contributed by atoms with Crippen molar-refractivity contribution in [3.05, 3.63) is 70.8 Å². The third-order valence-electron chi connectivity index (χ3n) is 3.87. The number of aliphatic carboxylic acids is 1. The fraction of sp³-hybridized carbons (Fsp3) is 0.222. The molecule has 118 valence electrons. The van der Waals surface area contributed by atoms with Crippen LogP contribution in [0.15, 0.2) is 48.5 Å². The summed E-state index contributed by atoms with van der Waals surface area (Å²) < 4.78 is 5.36. The van der Waals surface area contributed by atoms with Crippen LogP contribution in [0.3, 0.4) is 0 Å². The molecule has 1 atom stereocenters. The van der Waals surface area contributed by atoms with Gasteiger partial charge in [0.1, 0.15) is 6.04 Å². The molecule has 1 amide bonds. The van der Waals surface area contributed by atoms with Gasteiger partial charge in [-0.2, -0.15) is 0 Å². The first-order valence-electron chi connectivity index (χ1n) is 7.40. The van der Waals surface area contributed by atoms with Crippen LogP contribution in [0.4, 0.5) is 0 Å². The van der Waals surface area contributed by atoms with Crippen molar-refractivity contribution in [2.45, 2.75) is 25.7 Å². The summed E-state index contributed by atoms with van der Waals surface area (Å²) in [5.41, 5.74) is 3.53. The Bertz CT molecular complexity index is 727. The van der Waals surface area contributed by atoms with Gasteiger partial charge >= 0.3 is 5.97 Å². The second kappa shape index (κ2) is 6.62. The number of hydrogen-bond donors (Lipinski definition) is 2. The van der Waals surface area contributed by atoms with Crippen molar-refractivity contribution in [1.82, 2.24) is 5.32 Å². The number of carbonyl (C=O) groups is 2. The SMILES string of the molecule is O=C(N[C@H](Cc1ccc2c(c1)COC2)C(=O)O)c1ccccc1. The normalized spacial score (nSPS) is 14.1. The van der Waals surface area contributed by atoms with Gasteiger partial charge in [0.25, 0.3) is 5.91 Å². The van der Waals surface area contributed by atoms with E-state index < -0.39 is 12.0 Å². The number of carbonyl (C=O) groups excluding carboxylic acids is 1. The molecule has 0 fully saturated rings. The summed E-state index contributed by atoms with van der Waals surface area (Å²) in [4.78, 5) is 23.6. The second-order valence-corrected chi connectivity index (χ2v) is 5.53. The first-order chi connectivity index (χ1) is 11.1. The molecule has 0 aromatic heterocycles. The van der Waals surface area contributed by atoms with Crippen LogP contribution in [0.1, 0.15) is 27.0 Å². The van der Waals surface area contributed by atoms with Crippen molar-refractivity contribution in [1.29, 1.82) is 0 Å². The average molecular weight is 311 g/mol. The van der Waals surface area contributed by atoms with E-state index in [2.05, 4.69) is 5.32 Å². The molecule has 0 unspecified atom stereocenters. The van der Waals surface area contributed by atoms with Gasteiger partial charge in [-0.15, -0.1) is 0 Å². The number of benzene rings is 2. The molecule has 2 aromatic rings. The van der Waals surface area contributed by atoms with E-state index in [0.717, 1.165) is 16.7 Å². The Balaban J connectivity index is 1.72. The van der Waals surface area contributed by atoms with E-state index in [1.807, 2.05) is 18.2 Å². The van der Waals surface area contributed by atoms with E-state index in [-0.39, 0.29) is 12.3 Å². The number of fused-ring (bicyclic) bond motifs is 1. The Morgan fingerprint density at radius 1 is 1.09 bits per heavy atom. The highest BCUT2D eigenvalue weighted by Crippen LogP contribution is 2.21. The fourth-order valence-corrected chi connectivity index (χ4v) is 2.62. The molecule has 0 radical (unpaired) electrons. The highest BCUT2D eigenvalue weighted by molar-refractivity contribution is 5.96. The number of carboxylic acids is 1. The lowest BCUT2D eigenvalue weighted by molar-refractivity contribution is -0.139. The Morgan fingerprint density at radius 2 is 1.83 bits per heavy atom. The van der Waals surface area contributed by atoms with Gasteiger partial charge < -0.3 is 15.2 Å². The van der Waals surface area contributed by atoms with Crippen LogP contribution in [0.5, 0.6) is 0 Å². The van der Waals surface area contributed by atoms with E-state index in [0.29, 0.717) is 18.8 Å². The number of nitrogens with one attached hydrogen (secondary N) is 1. The molecule has 5 heteroatoms. The molecular formula is C18H17NO4. The van der Waals surface area contributed by atoms with Crippen LogP contribution >= 0.6 is 0 Å². The molecule has 0 saturated carbocycles. The van der Waals surface area contributed by atoms with Gasteiger partial charge in [0.2, 0.25) is 0 Å². The molecule has 0 bridgehead atoms. The predicted octanol–water partition coefficient (Wildman–Crippen LogP) is 2.14. The monoisotopic (exact) mass is 311 g/mol. The van der Waals surface area contributed by atoms with Gasteiger partial charge in [0.05, 0.1) is 13.2 Å². The van der Waals surface area contributed by atoms with Gasteiger partial charge in [-0.25, -0.2) is 4.79 Å². The first kappa shape index (κ1) is 15.2. The largest absolute Gasteiger partial charge is 0.480 e. The van der Waals surface area contributed by atoms with E-state index in [1.165, 1.54) is 0 Å². The average Bonchev–Trinajstić information content (AvgIpc) is 3.02. The standard InChI is InChI=1S/C18H17NO4/c20-17(13-4-2-1-3-5-13)19-16(18(21)22)9-12-6-7-14-10-23-11-15(14)8-12/h1-8,16H,9-11H2,(H,19,20)(H,21,22)/t16-/m1/s1. The van der Waals surface area contributed by atoms with E-state index >= 15 is 0 Å². The summed E-state index contributed by atoms with van der Waals surface area (Å²) in [6.07, 6.45) is 0.237. The van der Waals surface area contributed by atoms with Crippen molar-refractivity contribution in [2.75, 3.05) is 0 Å². The minimum atomic E-state index is -1.05. The maximum atomic E-state index is 12.1. The predicted molar refractivity (Wildman–Crippen MR) is 84.0 cm³/mol. The smallest absolute Gasteiger partial charge is 0.326 e. The van der Waals surface area contributed by atoms with Crippen LogP contribution < -0.4 is 5.32 Å². The number of ether oxygens (including phenoxy) is 1. The lowest BCUT2D eigenvalue weighted by Gasteiger charge is -2.15. The summed E-state index contributed by atoms with van der Waals surface area (Å²) >= 11 is 0. The van der Waals surface area contributed by atoms with Crippen LogP contribution in [0, 0.1) is 0 Å². The maximum absolute atomic E-state index is 12.1. The number of carboxylic acid groups (broad SMARTS) is 1. The van der Waals surface area contributed by atoms with Crippen LogP contribution in [-0.4, -0.2) is 23.0 Å². The number of hydrogen-bond acceptors (Lipinski definition) is 3. The molecular weight excluding hydrogens is 294 g/mol. The highest BCUT2D eigenvalue weighted by Gasteiger charge is 2.22. The Hall–Kier alpha value is -2.66. The minimum Gasteiger partial charge on any atom is -0.480 e. The van der Waals surface area contributed by atoms with Crippen molar-refractivity contribution in [3.63, 3.8) is 0 Å². The second-order valence-electron chi connectivity index (χ2n) is 5.53. The van der Waals surface area contributed by atoms with Crippen LogP contribution in [0.2, 0.25) is 0 Å². The number of amides is 1. The Kier molecular flexibility index (Phi) is 4.39. The Labute approximate surface area is 133 Å². The zero-order chi connectivity index (χ0) is 16.2. The van der Waals surface area contributed by atoms with Crippen molar-refractivity contribution in [2.24, 2.45) is 0 Å². The first-order valence-corrected chi connectivity index (χ1v) is 7.40. The number of rotatable bonds is 5. The van der Waals surface area contributed by atoms with Crippen molar-refractivity contribution >= 4 is 11.9 Å². The molecule has 0 saturated heterocycles. The maximum Gasteiger partial charge on any atom is 0.326 e. The minimum absolute atomic E-state index is 0.237. The van der Waals surface area contributed by atoms with E-state index in [9.17, 15) is 14.7 Å². The summed E-state index contributed by atoms with van der Waals surface area (Å²) in [6.45, 7) is 1.15. The molecule has 2 aromatic carbocycles. The van der Waals surface area contributed by atoms with Gasteiger partial charge in [-0.3, -0.25) is 4.79 Å². The van der Waals surface area contributed by atoms with Crippen molar-refractivity contribution in [3.8, 4) is 0 Å². The van der Waals surface area contributed by atoms with Crippen LogP contribution in [-0.2, 0) is 29.2 Å². The quantitative estimate of drug-likeness (QED) is 0.887. The highest BCUT2D eigenvalue weighted by atomic mass is 16.5. The molecule has 2 N–H and O–H groups in total. The molecule has 1 heterocycles. The third kappa shape index (κ3) is 3.57.